The van der Waals surface area contributed by atoms with Crippen LogP contribution in [0.2, 0.25) is 0 Å². The van der Waals surface area contributed by atoms with Gasteiger partial charge in [0.25, 0.3) is 31.9 Å². The van der Waals surface area contributed by atoms with Crippen molar-refractivity contribution in [2.75, 3.05) is 52.9 Å². The molecule has 0 radical (unpaired) electrons. The van der Waals surface area contributed by atoms with Crippen molar-refractivity contribution in [2.24, 2.45) is 0 Å². The highest BCUT2D eigenvalue weighted by molar-refractivity contribution is 7.90. The minimum atomic E-state index is -4.27. The first kappa shape index (κ1) is 61.4. The molecule has 10 bridgehead atoms. The largest absolute Gasteiger partial charge is 0.491 e. The average Bonchev–Trinajstić information content (AvgIpc) is 2.46. The Morgan fingerprint density at radius 2 is 0.659 bits per heavy atom. The van der Waals surface area contributed by atoms with Gasteiger partial charge in [-0.3, -0.25) is 9.59 Å². The number of hydrogen-bond acceptors (Lipinski definition) is 12. The van der Waals surface area contributed by atoms with Crippen LogP contribution in [0.1, 0.15) is 150 Å². The second-order valence-corrected chi connectivity index (χ2v) is 28.7. The molecule has 0 spiro atoms. The van der Waals surface area contributed by atoms with Crippen LogP contribution >= 0.6 is 0 Å². The Labute approximate surface area is 485 Å². The van der Waals surface area contributed by atoms with Crippen molar-refractivity contribution in [3.05, 3.63) is 176 Å². The Bertz CT molecular complexity index is 3300. The SMILES string of the molecule is CC(C)(C)c1cc2c3c(c1)Cc1cc(C(C)(C)C)cc(c1OCC(=O)NS(=O)(=O)c1ccccc1)Cc1cc(C(C)(C)C)cc(c1OCC(=O)NS(=O)(=O)c1ccccc1)Cc1cc(C(C)(C)C)cc(c1OCCOCCOCCO3)C2. The Kier molecular flexibility index (Phi) is 18.4. The highest BCUT2D eigenvalue weighted by atomic mass is 32.2. The molecule has 2 N–H and O–H groups in total. The summed E-state index contributed by atoms with van der Waals surface area (Å²) in [7, 11) is -8.54. The van der Waals surface area contributed by atoms with Gasteiger partial charge in [0.2, 0.25) is 0 Å². The van der Waals surface area contributed by atoms with E-state index < -0.39 is 55.9 Å². The summed E-state index contributed by atoms with van der Waals surface area (Å²) >= 11 is 0. The summed E-state index contributed by atoms with van der Waals surface area (Å²) < 4.78 is 98.2. The van der Waals surface area contributed by atoms with Gasteiger partial charge in [0, 0.05) is 25.7 Å². The smallest absolute Gasteiger partial charge is 0.271 e. The van der Waals surface area contributed by atoms with Crippen LogP contribution in [0.5, 0.6) is 23.0 Å². The topological polar surface area (TPSA) is 182 Å². The number of carbonyl (C=O) groups is 2. The van der Waals surface area contributed by atoms with Crippen LogP contribution in [0.15, 0.2) is 119 Å². The van der Waals surface area contributed by atoms with Crippen molar-refractivity contribution in [3.8, 4) is 23.0 Å². The van der Waals surface area contributed by atoms with Crippen LogP contribution in [-0.4, -0.2) is 81.5 Å². The van der Waals surface area contributed by atoms with E-state index in [1.165, 1.54) is 24.3 Å². The minimum absolute atomic E-state index is 0.0752. The molecular weight excluding hydrogens is 1080 g/mol. The molecule has 0 saturated heterocycles. The van der Waals surface area contributed by atoms with E-state index in [9.17, 15) is 26.4 Å². The van der Waals surface area contributed by atoms with E-state index in [1.807, 2.05) is 12.1 Å². The van der Waals surface area contributed by atoms with Crippen molar-refractivity contribution in [3.63, 3.8) is 0 Å². The summed E-state index contributed by atoms with van der Waals surface area (Å²) in [5, 5.41) is 0. The first-order valence-corrected chi connectivity index (χ1v) is 31.0. The van der Waals surface area contributed by atoms with Crippen LogP contribution in [0, 0.1) is 0 Å². The summed E-state index contributed by atoms with van der Waals surface area (Å²) in [5.74, 6) is 0.269. The summed E-state index contributed by atoms with van der Waals surface area (Å²) in [6.45, 7) is 26.2. The zero-order valence-electron chi connectivity index (χ0n) is 49.6. The molecule has 438 valence electrons. The number of rotatable bonds is 10. The molecule has 16 heteroatoms. The molecule has 0 atom stereocenters. The van der Waals surface area contributed by atoms with Crippen molar-refractivity contribution in [1.29, 1.82) is 0 Å². The van der Waals surface area contributed by atoms with Gasteiger partial charge < -0.3 is 28.4 Å². The highest BCUT2D eigenvalue weighted by Gasteiger charge is 2.31. The maximum absolute atomic E-state index is 14.0. The Balaban J connectivity index is 1.43. The summed E-state index contributed by atoms with van der Waals surface area (Å²) in [6.07, 6.45) is 1.01. The molecule has 8 rings (SSSR count). The van der Waals surface area contributed by atoms with Crippen molar-refractivity contribution < 1.29 is 54.8 Å². The van der Waals surface area contributed by atoms with Gasteiger partial charge in [0.15, 0.2) is 13.2 Å². The normalized spacial score (nSPS) is 14.8. The molecule has 1 aliphatic heterocycles. The molecular formula is C66H80N2O12S2. The second kappa shape index (κ2) is 24.6. The molecule has 0 aromatic heterocycles. The highest BCUT2D eigenvalue weighted by Crippen LogP contribution is 2.44. The standard InChI is InChI=1S/C66H80N2O12S2/c1-63(2,3)51-33-43-29-44-34-52(64(4,5)6)36-46-31-48-38-54(66(10,11)12)40-50(62(48)80-42-58(70)68-82(73,74)56-21-17-14-18-22-56)32-49-39-53(65(7,8)9)37-47(61(49)79-41-57(69)67-81(71,72)55-19-15-13-16-20-55)30-45(35-51)59(43)77-27-25-75-23-24-76-26-28-78-60(44)46/h13-22,33-40H,23-32,41-42H2,1-12H3,(H,67,69)(H,68,70). The van der Waals surface area contributed by atoms with E-state index in [0.717, 1.165) is 44.5 Å². The number of sulfonamides is 2. The lowest BCUT2D eigenvalue weighted by Gasteiger charge is -2.29. The third kappa shape index (κ3) is 15.3. The predicted molar refractivity (Wildman–Crippen MR) is 319 cm³/mol. The van der Waals surface area contributed by atoms with Gasteiger partial charge in [-0.2, -0.15) is 0 Å². The molecule has 2 amide bonds. The van der Waals surface area contributed by atoms with Crippen molar-refractivity contribution in [2.45, 2.75) is 140 Å². The van der Waals surface area contributed by atoms with Gasteiger partial charge in [0.1, 0.15) is 36.2 Å². The van der Waals surface area contributed by atoms with Crippen LogP contribution in [0.4, 0.5) is 0 Å². The van der Waals surface area contributed by atoms with Crippen LogP contribution in [-0.2, 0) is 86.5 Å². The first-order valence-electron chi connectivity index (χ1n) is 28.0. The molecule has 82 heavy (non-hydrogen) atoms. The Morgan fingerprint density at radius 3 is 0.951 bits per heavy atom. The fourth-order valence-electron chi connectivity index (χ4n) is 10.0. The minimum Gasteiger partial charge on any atom is -0.491 e. The Morgan fingerprint density at radius 1 is 0.402 bits per heavy atom. The van der Waals surface area contributed by atoms with Gasteiger partial charge in [-0.25, -0.2) is 26.3 Å². The Hall–Kier alpha value is -6.72. The van der Waals surface area contributed by atoms with Crippen molar-refractivity contribution >= 4 is 31.9 Å². The van der Waals surface area contributed by atoms with E-state index in [1.54, 1.807) is 36.4 Å². The van der Waals surface area contributed by atoms with Gasteiger partial charge in [-0.1, -0.05) is 168 Å². The maximum atomic E-state index is 14.0. The predicted octanol–water partition coefficient (Wildman–Crippen LogP) is 11.1. The lowest BCUT2D eigenvalue weighted by atomic mass is 9.79. The number of amides is 2. The third-order valence-corrected chi connectivity index (χ3v) is 17.4. The number of ether oxygens (including phenoxy) is 6. The fourth-order valence-corrected chi connectivity index (χ4v) is 12.0. The monoisotopic (exact) mass is 1160 g/mol. The van der Waals surface area contributed by atoms with Gasteiger partial charge in [-0.05, 0) is 113 Å². The summed E-state index contributed by atoms with van der Waals surface area (Å²) in [5.41, 5.74) is 8.75. The van der Waals surface area contributed by atoms with E-state index in [-0.39, 0.29) is 53.1 Å². The molecule has 2 aliphatic rings. The maximum Gasteiger partial charge on any atom is 0.271 e. The van der Waals surface area contributed by atoms with Gasteiger partial charge in [-0.15, -0.1) is 0 Å². The van der Waals surface area contributed by atoms with Crippen LogP contribution < -0.4 is 28.4 Å². The van der Waals surface area contributed by atoms with E-state index >= 15 is 0 Å². The molecule has 0 unspecified atom stereocenters. The summed E-state index contributed by atoms with van der Waals surface area (Å²) in [4.78, 5) is 27.9. The number of fused-ring (bicyclic) bond motifs is 4. The zero-order valence-corrected chi connectivity index (χ0v) is 51.2. The van der Waals surface area contributed by atoms with E-state index in [2.05, 4.69) is 129 Å². The molecule has 1 heterocycles. The molecule has 0 fully saturated rings. The molecule has 0 saturated carbocycles. The van der Waals surface area contributed by atoms with Crippen molar-refractivity contribution in [1.82, 2.24) is 9.44 Å². The van der Waals surface area contributed by atoms with E-state index in [4.69, 9.17) is 28.4 Å². The molecule has 6 aromatic carbocycles. The molecule has 1 aliphatic carbocycles. The number of carbonyl (C=O) groups excluding carboxylic acids is 2. The quantitative estimate of drug-likeness (QED) is 0.132. The van der Waals surface area contributed by atoms with Crippen LogP contribution in [0.3, 0.4) is 0 Å². The fraction of sp³-hybridized carbons (Fsp3) is 0.424. The lowest BCUT2D eigenvalue weighted by Crippen LogP contribution is -2.34. The average molecular weight is 1160 g/mol. The van der Waals surface area contributed by atoms with Crippen LogP contribution in [0.25, 0.3) is 0 Å². The van der Waals surface area contributed by atoms with Gasteiger partial charge >= 0.3 is 0 Å². The summed E-state index contributed by atoms with van der Waals surface area (Å²) in [6, 6.07) is 32.4. The number of hydrogen-bond donors (Lipinski definition) is 2. The molecule has 14 nitrogen and oxygen atoms in total. The lowest BCUT2D eigenvalue weighted by molar-refractivity contribution is -0.122. The number of nitrogens with one attached hydrogen (secondary N) is 2. The number of benzene rings is 6. The zero-order chi connectivity index (χ0) is 59.4. The third-order valence-electron chi connectivity index (χ3n) is 14.6. The first-order chi connectivity index (χ1) is 38.5. The van der Waals surface area contributed by atoms with Gasteiger partial charge in [0.05, 0.1) is 36.2 Å². The van der Waals surface area contributed by atoms with E-state index in [0.29, 0.717) is 78.1 Å². The second-order valence-electron chi connectivity index (χ2n) is 25.4. The molecule has 6 aromatic rings.